The summed E-state index contributed by atoms with van der Waals surface area (Å²) >= 11 is 1.23. The first-order valence-corrected chi connectivity index (χ1v) is 9.33. The molecule has 0 radical (unpaired) electrons. The van der Waals surface area contributed by atoms with Crippen molar-refractivity contribution in [2.75, 3.05) is 4.72 Å². The van der Waals surface area contributed by atoms with Crippen LogP contribution in [0.1, 0.15) is 5.56 Å². The van der Waals surface area contributed by atoms with Crippen molar-refractivity contribution in [3.05, 3.63) is 65.5 Å². The normalized spacial score (nSPS) is 12.1. The lowest BCUT2D eigenvalue weighted by molar-refractivity contribution is -0.137. The summed E-state index contributed by atoms with van der Waals surface area (Å²) in [7, 11) is -4.17. The number of sulfonamides is 1. The number of nitrogens with zero attached hydrogens (tertiary/aromatic N) is 1. The predicted octanol–water partition coefficient (Wildman–Crippen LogP) is 4.63. The molecule has 0 fully saturated rings. The molecule has 0 saturated heterocycles. The van der Waals surface area contributed by atoms with Crippen LogP contribution in [0.3, 0.4) is 0 Å². The van der Waals surface area contributed by atoms with Crippen LogP contribution in [0.4, 0.5) is 19.0 Å². The highest BCUT2D eigenvalue weighted by molar-refractivity contribution is 7.92. The summed E-state index contributed by atoms with van der Waals surface area (Å²) in [5, 5.41) is 2.09. The maximum Gasteiger partial charge on any atom is 0.416 e. The molecule has 3 rings (SSSR count). The fourth-order valence-electron chi connectivity index (χ4n) is 2.07. The van der Waals surface area contributed by atoms with Crippen LogP contribution in [0.2, 0.25) is 0 Å². The van der Waals surface area contributed by atoms with Gasteiger partial charge in [-0.15, -0.1) is 11.3 Å². The number of halogens is 3. The SMILES string of the molecule is O=S(=O)(Nc1csc(-c2ccccc2)n1)c1cccc(C(F)(F)F)c1. The quantitative estimate of drug-likeness (QED) is 0.714. The minimum absolute atomic E-state index is 0.0567. The molecule has 0 unspecified atom stereocenters. The Kier molecular flexibility index (Phi) is 4.53. The molecule has 9 heteroatoms. The van der Waals surface area contributed by atoms with Crippen LogP contribution in [0.5, 0.6) is 0 Å². The van der Waals surface area contributed by atoms with Crippen molar-refractivity contribution >= 4 is 27.2 Å². The average Bonchev–Trinajstić information content (AvgIpc) is 3.03. The van der Waals surface area contributed by atoms with Gasteiger partial charge in [-0.1, -0.05) is 36.4 Å². The Morgan fingerprint density at radius 1 is 1.00 bits per heavy atom. The Bertz CT molecular complexity index is 984. The summed E-state index contributed by atoms with van der Waals surface area (Å²) in [6.07, 6.45) is -4.62. The van der Waals surface area contributed by atoms with Crippen LogP contribution in [-0.4, -0.2) is 13.4 Å². The van der Waals surface area contributed by atoms with E-state index < -0.39 is 26.7 Å². The second-order valence-corrected chi connectivity index (χ2v) is 7.58. The van der Waals surface area contributed by atoms with E-state index in [0.29, 0.717) is 11.1 Å². The largest absolute Gasteiger partial charge is 0.416 e. The monoisotopic (exact) mass is 384 g/mol. The van der Waals surface area contributed by atoms with E-state index >= 15 is 0 Å². The first-order valence-electron chi connectivity index (χ1n) is 6.97. The summed E-state index contributed by atoms with van der Waals surface area (Å²) in [5.74, 6) is 0.0567. The van der Waals surface area contributed by atoms with Crippen LogP contribution in [-0.2, 0) is 16.2 Å². The third kappa shape index (κ3) is 3.99. The lowest BCUT2D eigenvalue weighted by Gasteiger charge is -2.09. The van der Waals surface area contributed by atoms with Gasteiger partial charge in [0.25, 0.3) is 10.0 Å². The number of anilines is 1. The first kappa shape index (κ1) is 17.4. The third-order valence-electron chi connectivity index (χ3n) is 3.24. The van der Waals surface area contributed by atoms with E-state index in [-0.39, 0.29) is 5.82 Å². The van der Waals surface area contributed by atoms with Crippen molar-refractivity contribution in [3.8, 4) is 10.6 Å². The number of hydrogen-bond acceptors (Lipinski definition) is 4. The Balaban J connectivity index is 1.87. The molecule has 1 N–H and O–H groups in total. The average molecular weight is 384 g/mol. The van der Waals surface area contributed by atoms with Gasteiger partial charge in [0.2, 0.25) is 0 Å². The highest BCUT2D eigenvalue weighted by Crippen LogP contribution is 2.31. The van der Waals surface area contributed by atoms with E-state index in [9.17, 15) is 21.6 Å². The van der Waals surface area contributed by atoms with Crippen LogP contribution in [0, 0.1) is 0 Å². The summed E-state index contributed by atoms with van der Waals surface area (Å²) in [6, 6.07) is 12.7. The Labute approximate surface area is 146 Å². The lowest BCUT2D eigenvalue weighted by Crippen LogP contribution is -2.14. The van der Waals surface area contributed by atoms with Crippen LogP contribution in [0.25, 0.3) is 10.6 Å². The van der Waals surface area contributed by atoms with Gasteiger partial charge in [0.05, 0.1) is 10.5 Å². The van der Waals surface area contributed by atoms with E-state index in [2.05, 4.69) is 9.71 Å². The van der Waals surface area contributed by atoms with Gasteiger partial charge in [-0.05, 0) is 18.2 Å². The number of benzene rings is 2. The van der Waals surface area contributed by atoms with Gasteiger partial charge in [0, 0.05) is 10.9 Å². The highest BCUT2D eigenvalue weighted by Gasteiger charge is 2.31. The summed E-state index contributed by atoms with van der Waals surface area (Å²) < 4.78 is 65.1. The molecular weight excluding hydrogens is 373 g/mol. The molecule has 1 aromatic heterocycles. The molecule has 0 aliphatic rings. The van der Waals surface area contributed by atoms with E-state index in [1.54, 1.807) is 0 Å². The van der Waals surface area contributed by atoms with Crippen LogP contribution in [0.15, 0.2) is 64.9 Å². The predicted molar refractivity (Wildman–Crippen MR) is 89.8 cm³/mol. The number of alkyl halides is 3. The molecule has 0 aliphatic heterocycles. The Morgan fingerprint density at radius 3 is 2.40 bits per heavy atom. The van der Waals surface area contributed by atoms with E-state index in [1.807, 2.05) is 30.3 Å². The number of rotatable bonds is 4. The smallest absolute Gasteiger partial charge is 0.263 e. The van der Waals surface area contributed by atoms with Gasteiger partial charge >= 0.3 is 6.18 Å². The molecule has 3 aromatic rings. The van der Waals surface area contributed by atoms with Gasteiger partial charge in [0.15, 0.2) is 5.82 Å². The fraction of sp³-hybridized carbons (Fsp3) is 0.0625. The Morgan fingerprint density at radius 2 is 1.72 bits per heavy atom. The molecule has 4 nitrogen and oxygen atoms in total. The first-order chi connectivity index (χ1) is 11.8. The van der Waals surface area contributed by atoms with Crippen molar-refractivity contribution in [1.29, 1.82) is 0 Å². The van der Waals surface area contributed by atoms with E-state index in [1.165, 1.54) is 16.7 Å². The molecule has 0 atom stereocenters. The number of thiazole rings is 1. The second kappa shape index (κ2) is 6.49. The van der Waals surface area contributed by atoms with Crippen molar-refractivity contribution < 1.29 is 21.6 Å². The molecule has 0 bridgehead atoms. The molecule has 25 heavy (non-hydrogen) atoms. The minimum Gasteiger partial charge on any atom is -0.263 e. The molecule has 0 aliphatic carbocycles. The van der Waals surface area contributed by atoms with Gasteiger partial charge < -0.3 is 0 Å². The molecule has 1 heterocycles. The molecule has 130 valence electrons. The molecular formula is C16H11F3N2O2S2. The van der Waals surface area contributed by atoms with Crippen molar-refractivity contribution in [2.24, 2.45) is 0 Å². The number of nitrogens with one attached hydrogen (secondary N) is 1. The van der Waals surface area contributed by atoms with Crippen molar-refractivity contribution in [3.63, 3.8) is 0 Å². The second-order valence-electron chi connectivity index (χ2n) is 5.04. The number of aromatic nitrogens is 1. The van der Waals surface area contributed by atoms with Crippen LogP contribution < -0.4 is 4.72 Å². The maximum absolute atomic E-state index is 12.7. The van der Waals surface area contributed by atoms with Gasteiger partial charge in [0.1, 0.15) is 5.01 Å². The minimum atomic E-state index is -4.62. The van der Waals surface area contributed by atoms with E-state index in [4.69, 9.17) is 0 Å². The highest BCUT2D eigenvalue weighted by atomic mass is 32.2. The molecule has 0 spiro atoms. The Hall–Kier alpha value is -2.39. The fourth-order valence-corrected chi connectivity index (χ4v) is 3.94. The number of hydrogen-bond donors (Lipinski definition) is 1. The molecule has 2 aromatic carbocycles. The lowest BCUT2D eigenvalue weighted by atomic mass is 10.2. The molecule has 0 saturated carbocycles. The zero-order valence-corrected chi connectivity index (χ0v) is 14.1. The van der Waals surface area contributed by atoms with Crippen molar-refractivity contribution in [2.45, 2.75) is 11.1 Å². The topological polar surface area (TPSA) is 59.1 Å². The molecule has 0 amide bonds. The van der Waals surface area contributed by atoms with E-state index in [0.717, 1.165) is 23.8 Å². The van der Waals surface area contributed by atoms with Gasteiger partial charge in [-0.3, -0.25) is 4.72 Å². The van der Waals surface area contributed by atoms with Crippen LogP contribution >= 0.6 is 11.3 Å². The van der Waals surface area contributed by atoms with Gasteiger partial charge in [-0.2, -0.15) is 13.2 Å². The maximum atomic E-state index is 12.7. The summed E-state index contributed by atoms with van der Waals surface area (Å²) in [4.78, 5) is 3.69. The third-order valence-corrected chi connectivity index (χ3v) is 5.48. The zero-order valence-electron chi connectivity index (χ0n) is 12.5. The zero-order chi connectivity index (χ0) is 18.1. The summed E-state index contributed by atoms with van der Waals surface area (Å²) in [5.41, 5.74) is -0.212. The van der Waals surface area contributed by atoms with Gasteiger partial charge in [-0.25, -0.2) is 13.4 Å². The summed E-state index contributed by atoms with van der Waals surface area (Å²) in [6.45, 7) is 0. The van der Waals surface area contributed by atoms with Crippen molar-refractivity contribution in [1.82, 2.24) is 4.98 Å². The standard InChI is InChI=1S/C16H11F3N2O2S2/c17-16(18,19)12-7-4-8-13(9-12)25(22,23)21-14-10-24-15(20-14)11-5-2-1-3-6-11/h1-10,21H.